The summed E-state index contributed by atoms with van der Waals surface area (Å²) in [5.74, 6) is -1.06. The summed E-state index contributed by atoms with van der Waals surface area (Å²) in [6, 6.07) is 4.15. The Balaban J connectivity index is 2.79. The van der Waals surface area contributed by atoms with Crippen LogP contribution in [0.1, 0.15) is 5.56 Å². The Morgan fingerprint density at radius 2 is 1.95 bits per heavy atom. The number of aliphatic hydroxyl groups excluding tert-OH is 1. The summed E-state index contributed by atoms with van der Waals surface area (Å²) in [6.07, 6.45) is 0. The lowest BCUT2D eigenvalue weighted by Crippen LogP contribution is -2.35. The van der Waals surface area contributed by atoms with Gasteiger partial charge in [-0.3, -0.25) is 4.31 Å². The number of benzene rings is 1. The molecule has 1 aliphatic rings. The molecule has 1 N–H and O–H groups in total. The highest BCUT2D eigenvalue weighted by molar-refractivity contribution is 7.89. The average molecular weight is 299 g/mol. The van der Waals surface area contributed by atoms with Crippen LogP contribution < -0.4 is 4.74 Å². The standard InChI is InChI=1S/C12H13NO6S/c1-13-10(12(15)19-3)11(14)8-5-4-7(18-2)6-9(8)20(13,16)17/h4-6,14H,1-3H3. The number of rotatable bonds is 2. The van der Waals surface area contributed by atoms with Crippen molar-refractivity contribution in [3.63, 3.8) is 0 Å². The number of methoxy groups -OCH3 is 2. The van der Waals surface area contributed by atoms with Crippen LogP contribution in [0.25, 0.3) is 5.76 Å². The number of fused-ring (bicyclic) bond motifs is 1. The Morgan fingerprint density at radius 3 is 2.50 bits per heavy atom. The normalized spacial score (nSPS) is 16.6. The van der Waals surface area contributed by atoms with Gasteiger partial charge in [0.25, 0.3) is 10.0 Å². The van der Waals surface area contributed by atoms with E-state index in [0.29, 0.717) is 10.1 Å². The molecule has 0 saturated heterocycles. The molecule has 0 aromatic heterocycles. The number of hydrogen-bond acceptors (Lipinski definition) is 6. The second kappa shape index (κ2) is 4.71. The van der Waals surface area contributed by atoms with E-state index in [1.807, 2.05) is 0 Å². The second-order valence-corrected chi connectivity index (χ2v) is 5.96. The van der Waals surface area contributed by atoms with Gasteiger partial charge in [0.05, 0.1) is 14.2 Å². The van der Waals surface area contributed by atoms with E-state index < -0.39 is 27.4 Å². The first kappa shape index (κ1) is 14.2. The van der Waals surface area contributed by atoms with Gasteiger partial charge in [-0.1, -0.05) is 0 Å². The molecule has 1 aliphatic heterocycles. The fourth-order valence-electron chi connectivity index (χ4n) is 1.90. The van der Waals surface area contributed by atoms with Crippen LogP contribution in [0.15, 0.2) is 28.8 Å². The fraction of sp³-hybridized carbons (Fsp3) is 0.250. The molecule has 20 heavy (non-hydrogen) atoms. The van der Waals surface area contributed by atoms with E-state index in [4.69, 9.17) is 4.74 Å². The maximum atomic E-state index is 12.4. The van der Waals surface area contributed by atoms with Crippen LogP contribution in [0.5, 0.6) is 5.75 Å². The van der Waals surface area contributed by atoms with E-state index in [-0.39, 0.29) is 10.5 Å². The molecule has 0 unspecified atom stereocenters. The van der Waals surface area contributed by atoms with Crippen molar-refractivity contribution in [3.05, 3.63) is 29.5 Å². The van der Waals surface area contributed by atoms with Crippen LogP contribution in [-0.2, 0) is 19.6 Å². The van der Waals surface area contributed by atoms with Gasteiger partial charge in [0.1, 0.15) is 10.6 Å². The summed E-state index contributed by atoms with van der Waals surface area (Å²) < 4.78 is 34.9. The van der Waals surface area contributed by atoms with Gasteiger partial charge in [-0.25, -0.2) is 13.2 Å². The van der Waals surface area contributed by atoms with Gasteiger partial charge in [-0.05, 0) is 12.1 Å². The summed E-state index contributed by atoms with van der Waals surface area (Å²) >= 11 is 0. The van der Waals surface area contributed by atoms with Gasteiger partial charge >= 0.3 is 5.97 Å². The smallest absolute Gasteiger partial charge is 0.359 e. The number of carbonyl (C=O) groups is 1. The van der Waals surface area contributed by atoms with E-state index in [9.17, 15) is 18.3 Å². The molecule has 0 aliphatic carbocycles. The van der Waals surface area contributed by atoms with Crippen molar-refractivity contribution >= 4 is 21.8 Å². The molecule has 7 nitrogen and oxygen atoms in total. The summed E-state index contributed by atoms with van der Waals surface area (Å²) in [5.41, 5.74) is -0.394. The first-order chi connectivity index (χ1) is 9.34. The van der Waals surface area contributed by atoms with Crippen molar-refractivity contribution in [2.75, 3.05) is 21.3 Å². The number of aliphatic hydroxyl groups is 1. The number of hydrogen-bond donors (Lipinski definition) is 1. The molecular weight excluding hydrogens is 286 g/mol. The molecule has 1 aromatic rings. The molecule has 8 heteroatoms. The predicted molar refractivity (Wildman–Crippen MR) is 69.5 cm³/mol. The lowest BCUT2D eigenvalue weighted by Gasteiger charge is -2.27. The van der Waals surface area contributed by atoms with Crippen molar-refractivity contribution in [2.24, 2.45) is 0 Å². The number of ether oxygens (including phenoxy) is 2. The minimum atomic E-state index is -3.96. The first-order valence-corrected chi connectivity index (χ1v) is 6.97. The van der Waals surface area contributed by atoms with Crippen molar-refractivity contribution < 1.29 is 27.8 Å². The van der Waals surface area contributed by atoms with E-state index in [2.05, 4.69) is 4.74 Å². The molecule has 0 spiro atoms. The largest absolute Gasteiger partial charge is 0.505 e. The molecule has 0 bridgehead atoms. The Kier molecular flexibility index (Phi) is 3.34. The van der Waals surface area contributed by atoms with Crippen LogP contribution in [0.4, 0.5) is 0 Å². The minimum absolute atomic E-state index is 0.0318. The maximum absolute atomic E-state index is 12.4. The molecule has 0 fully saturated rings. The van der Waals surface area contributed by atoms with E-state index >= 15 is 0 Å². The summed E-state index contributed by atoms with van der Waals surface area (Å²) in [4.78, 5) is 11.5. The first-order valence-electron chi connectivity index (χ1n) is 5.53. The molecule has 108 valence electrons. The zero-order chi connectivity index (χ0) is 15.1. The van der Waals surface area contributed by atoms with Gasteiger partial charge in [0.15, 0.2) is 11.5 Å². The van der Waals surface area contributed by atoms with Crippen LogP contribution in [-0.4, -0.2) is 45.1 Å². The van der Waals surface area contributed by atoms with Crippen LogP contribution in [0, 0.1) is 0 Å². The molecular formula is C12H13NO6S. The highest BCUT2D eigenvalue weighted by Crippen LogP contribution is 2.36. The summed E-state index contributed by atoms with van der Waals surface area (Å²) in [5, 5.41) is 10.1. The zero-order valence-electron chi connectivity index (χ0n) is 11.1. The third kappa shape index (κ3) is 1.88. The molecule has 0 atom stereocenters. The Hall–Kier alpha value is -2.22. The Labute approximate surface area is 116 Å². The number of nitrogens with zero attached hydrogens (tertiary/aromatic N) is 1. The molecule has 1 heterocycles. The number of likely N-dealkylation sites (N-methyl/N-ethyl adjacent to an activating group) is 1. The molecule has 1 aromatic carbocycles. The van der Waals surface area contributed by atoms with Gasteiger partial charge in [0.2, 0.25) is 0 Å². The number of sulfonamides is 1. The lowest BCUT2D eigenvalue weighted by atomic mass is 10.1. The summed E-state index contributed by atoms with van der Waals surface area (Å²) in [6.45, 7) is 0. The molecule has 0 saturated carbocycles. The van der Waals surface area contributed by atoms with Crippen molar-refractivity contribution in [2.45, 2.75) is 4.90 Å². The topological polar surface area (TPSA) is 93.1 Å². The lowest BCUT2D eigenvalue weighted by molar-refractivity contribution is -0.137. The highest BCUT2D eigenvalue weighted by Gasteiger charge is 2.38. The molecule has 0 amide bonds. The minimum Gasteiger partial charge on any atom is -0.505 e. The molecule has 2 rings (SSSR count). The average Bonchev–Trinajstić information content (AvgIpc) is 2.44. The monoisotopic (exact) mass is 299 g/mol. The SMILES string of the molecule is COC(=O)C1=C(O)c2ccc(OC)cc2S(=O)(=O)N1C. The third-order valence-electron chi connectivity index (χ3n) is 3.00. The Bertz CT molecular complexity index is 707. The van der Waals surface area contributed by atoms with E-state index in [1.54, 1.807) is 0 Å². The van der Waals surface area contributed by atoms with Crippen LogP contribution >= 0.6 is 0 Å². The molecule has 0 radical (unpaired) electrons. The van der Waals surface area contributed by atoms with Crippen molar-refractivity contribution in [1.29, 1.82) is 0 Å². The third-order valence-corrected chi connectivity index (χ3v) is 4.80. The van der Waals surface area contributed by atoms with Crippen molar-refractivity contribution in [3.8, 4) is 5.75 Å². The van der Waals surface area contributed by atoms with Crippen molar-refractivity contribution in [1.82, 2.24) is 4.31 Å². The number of carbonyl (C=O) groups excluding carboxylic acids is 1. The highest BCUT2D eigenvalue weighted by atomic mass is 32.2. The summed E-state index contributed by atoms with van der Waals surface area (Å²) in [7, 11) is -0.286. The fourth-order valence-corrected chi connectivity index (χ4v) is 3.31. The second-order valence-electron chi connectivity index (χ2n) is 4.02. The maximum Gasteiger partial charge on any atom is 0.359 e. The van der Waals surface area contributed by atoms with Gasteiger partial charge in [-0.2, -0.15) is 0 Å². The van der Waals surface area contributed by atoms with E-state index in [0.717, 1.165) is 7.11 Å². The quantitative estimate of drug-likeness (QED) is 0.809. The Morgan fingerprint density at radius 1 is 1.30 bits per heavy atom. The van der Waals surface area contributed by atoms with Gasteiger partial charge < -0.3 is 14.6 Å². The number of esters is 1. The van der Waals surface area contributed by atoms with Gasteiger partial charge in [-0.15, -0.1) is 0 Å². The zero-order valence-corrected chi connectivity index (χ0v) is 11.9. The van der Waals surface area contributed by atoms with Crippen LogP contribution in [0.3, 0.4) is 0 Å². The van der Waals surface area contributed by atoms with Crippen LogP contribution in [0.2, 0.25) is 0 Å². The van der Waals surface area contributed by atoms with Gasteiger partial charge in [0, 0.05) is 18.7 Å². The predicted octanol–water partition coefficient (Wildman–Crippen LogP) is 0.729. The van der Waals surface area contributed by atoms with E-state index in [1.165, 1.54) is 32.4 Å².